The van der Waals surface area contributed by atoms with E-state index >= 15 is 0 Å². The fraction of sp³-hybridized carbons (Fsp3) is 0.350. The molecule has 0 fully saturated rings. The molecule has 1 atom stereocenters. The average molecular weight is 427 g/mol. The number of para-hydroxylation sites is 1. The van der Waals surface area contributed by atoms with Gasteiger partial charge < -0.3 is 26.0 Å². The van der Waals surface area contributed by atoms with Crippen molar-refractivity contribution in [2.75, 3.05) is 25.1 Å². The first-order valence-corrected chi connectivity index (χ1v) is 9.71. The Morgan fingerprint density at radius 3 is 2.64 bits per heavy atom. The molecule has 2 aromatic carbocycles. The minimum absolute atomic E-state index is 0.0322. The lowest BCUT2D eigenvalue weighted by atomic mass is 10.00. The van der Waals surface area contributed by atoms with E-state index in [0.717, 1.165) is 6.42 Å². The Bertz CT molecular complexity index is 830. The molecule has 8 heteroatoms. The number of anilines is 1. The van der Waals surface area contributed by atoms with Crippen molar-refractivity contribution < 1.29 is 19.7 Å². The maximum absolute atomic E-state index is 13.0. The zero-order valence-corrected chi connectivity index (χ0v) is 17.1. The van der Waals surface area contributed by atoms with Crippen molar-refractivity contribution in [1.29, 1.82) is 0 Å². The molecular weight excluding hydrogens is 403 g/mol. The number of aromatic hydroxyl groups is 1. The number of carbonyl (C=O) groups is 1. The second-order valence-corrected chi connectivity index (χ2v) is 7.13. The summed E-state index contributed by atoms with van der Waals surface area (Å²) in [6, 6.07) is 7.90. The van der Waals surface area contributed by atoms with Gasteiger partial charge in [-0.25, -0.2) is 0 Å². The summed E-state index contributed by atoms with van der Waals surface area (Å²) in [4.78, 5) is 13.0. The Morgan fingerprint density at radius 1 is 1.25 bits per heavy atom. The van der Waals surface area contributed by atoms with E-state index in [9.17, 15) is 15.0 Å². The van der Waals surface area contributed by atoms with Gasteiger partial charge in [0.1, 0.15) is 10.8 Å². The van der Waals surface area contributed by atoms with Crippen molar-refractivity contribution in [2.45, 2.75) is 25.8 Å². The lowest BCUT2D eigenvalue weighted by Gasteiger charge is -2.17. The fourth-order valence-electron chi connectivity index (χ4n) is 2.58. The Hall–Kier alpha value is -1.99. The number of hydrogen-bond acceptors (Lipinski definition) is 6. The van der Waals surface area contributed by atoms with Gasteiger partial charge in [0.25, 0.3) is 0 Å². The van der Waals surface area contributed by atoms with E-state index in [2.05, 4.69) is 5.32 Å². The van der Waals surface area contributed by atoms with E-state index in [1.165, 1.54) is 6.07 Å². The highest BCUT2D eigenvalue weighted by Crippen LogP contribution is 2.43. The van der Waals surface area contributed by atoms with Gasteiger partial charge in [0, 0.05) is 17.3 Å². The highest BCUT2D eigenvalue weighted by Gasteiger charge is 2.24. The molecule has 0 aliphatic rings. The van der Waals surface area contributed by atoms with Crippen molar-refractivity contribution in [3.8, 4) is 11.5 Å². The molecule has 6 nitrogen and oxygen atoms in total. The van der Waals surface area contributed by atoms with Crippen LogP contribution < -0.4 is 15.8 Å². The molecule has 0 aliphatic heterocycles. The van der Waals surface area contributed by atoms with Crippen LogP contribution in [0.25, 0.3) is 0 Å². The third kappa shape index (κ3) is 5.29. The van der Waals surface area contributed by atoms with Crippen LogP contribution in [-0.4, -0.2) is 41.8 Å². The zero-order chi connectivity index (χ0) is 20.7. The van der Waals surface area contributed by atoms with Crippen molar-refractivity contribution in [3.63, 3.8) is 0 Å². The summed E-state index contributed by atoms with van der Waals surface area (Å²) in [5.41, 5.74) is 6.27. The number of ether oxygens (including phenoxy) is 1. The molecule has 0 radical (unpaired) electrons. The molecule has 28 heavy (non-hydrogen) atoms. The molecule has 0 amide bonds. The van der Waals surface area contributed by atoms with Crippen LogP contribution >= 0.6 is 23.2 Å². The third-order valence-electron chi connectivity index (χ3n) is 4.09. The lowest BCUT2D eigenvalue weighted by molar-refractivity contribution is 0.103. The summed E-state index contributed by atoms with van der Waals surface area (Å²) in [5.74, 6) is -0.714. The summed E-state index contributed by atoms with van der Waals surface area (Å²) in [6.07, 6.45) is 1.50. The van der Waals surface area contributed by atoms with Crippen LogP contribution in [0.15, 0.2) is 30.3 Å². The number of unbranched alkanes of at least 4 members (excludes halogenated alkanes) is 1. The van der Waals surface area contributed by atoms with E-state index in [-0.39, 0.29) is 34.0 Å². The molecule has 5 N–H and O–H groups in total. The van der Waals surface area contributed by atoms with Gasteiger partial charge in [0.15, 0.2) is 11.5 Å². The Morgan fingerprint density at radius 2 is 1.96 bits per heavy atom. The summed E-state index contributed by atoms with van der Waals surface area (Å²) in [7, 11) is 0. The molecule has 0 spiro atoms. The van der Waals surface area contributed by atoms with E-state index < -0.39 is 11.5 Å². The number of nitrogens with two attached hydrogens (primary N) is 1. The number of hydrogen-bond donors (Lipinski definition) is 4. The van der Waals surface area contributed by atoms with Crippen LogP contribution in [0.3, 0.4) is 0 Å². The number of nitrogens with one attached hydrogen (secondary N) is 1. The molecule has 2 aromatic rings. The van der Waals surface area contributed by atoms with Crippen molar-refractivity contribution in [2.24, 2.45) is 5.73 Å². The van der Waals surface area contributed by atoms with Crippen LogP contribution in [0.2, 0.25) is 10.0 Å². The highest BCUT2D eigenvalue weighted by atomic mass is 35.5. The number of rotatable bonds is 10. The lowest BCUT2D eigenvalue weighted by Crippen LogP contribution is -2.21. The van der Waals surface area contributed by atoms with Crippen molar-refractivity contribution in [3.05, 3.63) is 51.5 Å². The first kappa shape index (κ1) is 22.3. The van der Waals surface area contributed by atoms with Gasteiger partial charge >= 0.3 is 0 Å². The SMILES string of the molecule is CC(CO)Nc1ccccc1C(=O)c1cc(Cl)c(OCCCCN)c(Cl)c1O. The first-order valence-electron chi connectivity index (χ1n) is 8.95. The van der Waals surface area contributed by atoms with Gasteiger partial charge in [-0.1, -0.05) is 35.3 Å². The predicted octanol–water partition coefficient (Wildman–Crippen LogP) is 3.84. The summed E-state index contributed by atoms with van der Waals surface area (Å²) < 4.78 is 5.55. The van der Waals surface area contributed by atoms with Gasteiger partial charge in [-0.2, -0.15) is 0 Å². The maximum Gasteiger partial charge on any atom is 0.198 e. The number of phenols is 1. The van der Waals surface area contributed by atoms with Gasteiger partial charge in [-0.15, -0.1) is 0 Å². The van der Waals surface area contributed by atoms with Crippen molar-refractivity contribution in [1.82, 2.24) is 0 Å². The van der Waals surface area contributed by atoms with Gasteiger partial charge in [0.05, 0.1) is 23.8 Å². The number of aliphatic hydroxyl groups is 1. The number of carbonyl (C=O) groups excluding carboxylic acids is 1. The number of phenolic OH excluding ortho intramolecular Hbond substituents is 1. The van der Waals surface area contributed by atoms with Crippen LogP contribution in [-0.2, 0) is 0 Å². The van der Waals surface area contributed by atoms with E-state index in [1.807, 2.05) is 0 Å². The van der Waals surface area contributed by atoms with Gasteiger partial charge in [-0.3, -0.25) is 4.79 Å². The quantitative estimate of drug-likeness (QED) is 0.339. The summed E-state index contributed by atoms with van der Waals surface area (Å²) in [6.45, 7) is 2.58. The molecule has 0 heterocycles. The predicted molar refractivity (Wildman–Crippen MR) is 112 cm³/mol. The molecule has 0 saturated heterocycles. The topological polar surface area (TPSA) is 105 Å². The van der Waals surface area contributed by atoms with Crippen LogP contribution in [0, 0.1) is 0 Å². The largest absolute Gasteiger partial charge is 0.505 e. The van der Waals surface area contributed by atoms with Crippen LogP contribution in [0.1, 0.15) is 35.7 Å². The second-order valence-electron chi connectivity index (χ2n) is 6.34. The molecule has 0 aromatic heterocycles. The second kappa shape index (κ2) is 10.5. The van der Waals surface area contributed by atoms with Crippen molar-refractivity contribution >= 4 is 34.7 Å². The summed E-state index contributed by atoms with van der Waals surface area (Å²) >= 11 is 12.5. The fourth-order valence-corrected chi connectivity index (χ4v) is 3.15. The summed E-state index contributed by atoms with van der Waals surface area (Å²) in [5, 5.41) is 22.8. The smallest absolute Gasteiger partial charge is 0.198 e. The van der Waals surface area contributed by atoms with Crippen LogP contribution in [0.4, 0.5) is 5.69 Å². The molecule has 0 bridgehead atoms. The number of aliphatic hydroxyl groups excluding tert-OH is 1. The Balaban J connectivity index is 2.35. The maximum atomic E-state index is 13.0. The standard InChI is InChI=1S/C20H24Cl2N2O4/c1-12(11-25)24-16-7-3-2-6-13(16)18(26)14-10-15(21)20(17(22)19(14)27)28-9-5-4-8-23/h2-3,6-7,10,12,24-25,27H,4-5,8-9,11,23H2,1H3. The molecule has 2 rings (SSSR count). The van der Waals surface area contributed by atoms with E-state index in [1.54, 1.807) is 31.2 Å². The van der Waals surface area contributed by atoms with Gasteiger partial charge in [-0.05, 0) is 44.5 Å². The van der Waals surface area contributed by atoms with E-state index in [0.29, 0.717) is 30.8 Å². The monoisotopic (exact) mass is 426 g/mol. The first-order chi connectivity index (χ1) is 13.4. The number of benzene rings is 2. The Labute approximate surface area is 174 Å². The average Bonchev–Trinajstić information content (AvgIpc) is 2.70. The number of ketones is 1. The zero-order valence-electron chi connectivity index (χ0n) is 15.5. The Kier molecular flexibility index (Phi) is 8.38. The van der Waals surface area contributed by atoms with Crippen LogP contribution in [0.5, 0.6) is 11.5 Å². The third-order valence-corrected chi connectivity index (χ3v) is 4.72. The number of halogens is 2. The minimum atomic E-state index is -0.454. The van der Waals surface area contributed by atoms with E-state index in [4.69, 9.17) is 33.7 Å². The molecule has 1 unspecified atom stereocenters. The minimum Gasteiger partial charge on any atom is -0.505 e. The van der Waals surface area contributed by atoms with Gasteiger partial charge in [0.2, 0.25) is 0 Å². The normalized spacial score (nSPS) is 11.9. The molecule has 0 saturated carbocycles. The molecule has 152 valence electrons. The highest BCUT2D eigenvalue weighted by molar-refractivity contribution is 6.39. The molecular formula is C20H24Cl2N2O4. The molecule has 0 aliphatic carbocycles.